The Kier molecular flexibility index (Phi) is 33.7. The highest BCUT2D eigenvalue weighted by Gasteiger charge is 2.51. The lowest BCUT2D eigenvalue weighted by atomic mass is 9.85. The molecule has 0 aromatic heterocycles. The molecule has 0 saturated heterocycles. The van der Waals surface area contributed by atoms with Crippen molar-refractivity contribution >= 4 is 19.8 Å². The van der Waals surface area contributed by atoms with Crippen molar-refractivity contribution in [1.82, 2.24) is 0 Å². The number of esters is 2. The second kappa shape index (κ2) is 35.9. The highest BCUT2D eigenvalue weighted by Crippen LogP contribution is 2.47. The van der Waals surface area contributed by atoms with Crippen LogP contribution < -0.4 is 0 Å². The van der Waals surface area contributed by atoms with Crippen molar-refractivity contribution in [3.63, 3.8) is 0 Å². The molecular weight excluding hydrogens is 779 g/mol. The van der Waals surface area contributed by atoms with Crippen molar-refractivity contribution in [1.29, 1.82) is 0 Å². The molecule has 0 aromatic rings. The molecule has 0 aliphatic heterocycles. The van der Waals surface area contributed by atoms with Crippen molar-refractivity contribution in [3.05, 3.63) is 24.3 Å². The lowest BCUT2D eigenvalue weighted by molar-refractivity contribution is -0.220. The smallest absolute Gasteiger partial charge is 0.462 e. The minimum Gasteiger partial charge on any atom is -0.462 e. The van der Waals surface area contributed by atoms with Gasteiger partial charge in [0.25, 0.3) is 0 Å². The van der Waals surface area contributed by atoms with Gasteiger partial charge in [0.1, 0.15) is 43.2 Å². The van der Waals surface area contributed by atoms with Crippen LogP contribution in [0, 0.1) is 0 Å². The molecule has 6 N–H and O–H groups in total. The largest absolute Gasteiger partial charge is 0.472 e. The first kappa shape index (κ1) is 55.3. The topological polar surface area (TPSA) is 210 Å². The number of aliphatic hydroxyl groups excluding tert-OH is 5. The van der Waals surface area contributed by atoms with Gasteiger partial charge in [0, 0.05) is 12.8 Å². The summed E-state index contributed by atoms with van der Waals surface area (Å²) in [5.41, 5.74) is 0. The molecule has 8 atom stereocenters. The van der Waals surface area contributed by atoms with E-state index in [0.29, 0.717) is 12.8 Å². The standard InChI is InChI=1S/C45H83O13P/c1-3-5-7-9-11-13-15-17-18-19-20-22-24-26-28-30-32-34-39(47)57-37(36-56-59(53,54)58-45-43(51)41(49)40(48)42(50)44(45)52)35-55-38(46)33-31-29-27-25-23-21-16-14-12-10-8-6-4-2/h14,16-18,37,40-45,48-52H,3-13,15,19-36H2,1-2H3,(H,53,54)/b16-14+,18-17+/t37-,40?,41+,42?,43?,44?,45?/m1/s1. The number of unbranched alkanes of at least 4 members (excludes halogenated alkanes) is 22. The van der Waals surface area contributed by atoms with Crippen molar-refractivity contribution in [2.75, 3.05) is 13.2 Å². The second-order valence-corrected chi connectivity index (χ2v) is 17.7. The van der Waals surface area contributed by atoms with Crippen LogP contribution in [0.3, 0.4) is 0 Å². The Labute approximate surface area is 356 Å². The number of allylic oxidation sites excluding steroid dienone is 4. The van der Waals surface area contributed by atoms with Gasteiger partial charge < -0.3 is 39.9 Å². The van der Waals surface area contributed by atoms with Crippen LogP contribution in [0.15, 0.2) is 24.3 Å². The molecule has 1 aliphatic carbocycles. The molecule has 6 unspecified atom stereocenters. The maximum Gasteiger partial charge on any atom is 0.472 e. The zero-order valence-electron chi connectivity index (χ0n) is 36.6. The van der Waals surface area contributed by atoms with Gasteiger partial charge in [-0.05, 0) is 64.2 Å². The minimum atomic E-state index is -5.12. The Morgan fingerprint density at radius 1 is 0.508 bits per heavy atom. The zero-order valence-corrected chi connectivity index (χ0v) is 37.4. The number of ether oxygens (including phenoxy) is 2. The number of phosphoric acid groups is 1. The summed E-state index contributed by atoms with van der Waals surface area (Å²) in [7, 11) is -5.12. The molecule has 346 valence electrons. The normalized spacial score (nSPS) is 22.5. The first-order valence-corrected chi connectivity index (χ1v) is 24.6. The lowest BCUT2D eigenvalue weighted by Gasteiger charge is -2.41. The Morgan fingerprint density at radius 3 is 1.31 bits per heavy atom. The molecule has 0 heterocycles. The van der Waals surface area contributed by atoms with E-state index in [2.05, 4.69) is 38.2 Å². The maximum absolute atomic E-state index is 12.8. The van der Waals surface area contributed by atoms with E-state index in [1.165, 1.54) is 83.5 Å². The quantitative estimate of drug-likeness (QED) is 0.0149. The SMILES string of the molecule is CCCCCC/C=C/CCCCCCCC(=O)OC[C@H](COP(=O)(O)OC1C(O)C(O)C(O)[C@H](O)C1O)OC(=O)CCCCCCCCC/C=C/CCCCCCCC. The fourth-order valence-corrected chi connectivity index (χ4v) is 7.95. The molecule has 0 aromatic carbocycles. The van der Waals surface area contributed by atoms with Gasteiger partial charge >= 0.3 is 19.8 Å². The van der Waals surface area contributed by atoms with Crippen LogP contribution in [0.2, 0.25) is 0 Å². The van der Waals surface area contributed by atoms with Crippen LogP contribution in [0.25, 0.3) is 0 Å². The number of hydrogen-bond acceptors (Lipinski definition) is 12. The van der Waals surface area contributed by atoms with Crippen LogP contribution in [0.4, 0.5) is 0 Å². The van der Waals surface area contributed by atoms with E-state index in [9.17, 15) is 44.6 Å². The molecule has 59 heavy (non-hydrogen) atoms. The molecule has 1 aliphatic rings. The highest BCUT2D eigenvalue weighted by molar-refractivity contribution is 7.47. The van der Waals surface area contributed by atoms with Gasteiger partial charge in [0.15, 0.2) is 6.10 Å². The molecule has 13 nitrogen and oxygen atoms in total. The Balaban J connectivity index is 2.46. The molecule has 0 spiro atoms. The molecule has 0 radical (unpaired) electrons. The van der Waals surface area contributed by atoms with Gasteiger partial charge in [-0.15, -0.1) is 0 Å². The van der Waals surface area contributed by atoms with Crippen molar-refractivity contribution in [3.8, 4) is 0 Å². The fourth-order valence-electron chi connectivity index (χ4n) is 6.98. The third-order valence-corrected chi connectivity index (χ3v) is 11.8. The van der Waals surface area contributed by atoms with E-state index < -0.39 is 75.7 Å². The highest BCUT2D eigenvalue weighted by atomic mass is 31.2. The van der Waals surface area contributed by atoms with E-state index in [0.717, 1.165) is 70.6 Å². The molecule has 0 bridgehead atoms. The molecule has 1 fully saturated rings. The minimum absolute atomic E-state index is 0.0917. The zero-order chi connectivity index (χ0) is 43.6. The Hall–Kier alpha value is -1.67. The molecule has 0 amide bonds. The molecule has 14 heteroatoms. The summed E-state index contributed by atoms with van der Waals surface area (Å²) in [5.74, 6) is -1.11. The van der Waals surface area contributed by atoms with E-state index in [1.54, 1.807) is 0 Å². The van der Waals surface area contributed by atoms with Crippen molar-refractivity contribution in [2.24, 2.45) is 0 Å². The van der Waals surface area contributed by atoms with Gasteiger partial charge in [-0.3, -0.25) is 18.6 Å². The first-order chi connectivity index (χ1) is 28.4. The number of phosphoric ester groups is 1. The van der Waals surface area contributed by atoms with Gasteiger partial charge in [-0.2, -0.15) is 0 Å². The average Bonchev–Trinajstić information content (AvgIpc) is 3.21. The van der Waals surface area contributed by atoms with Crippen LogP contribution in [0.1, 0.15) is 194 Å². The number of rotatable bonds is 38. The number of hydrogen-bond donors (Lipinski definition) is 6. The van der Waals surface area contributed by atoms with Gasteiger partial charge in [0.2, 0.25) is 0 Å². The van der Waals surface area contributed by atoms with E-state index in [1.807, 2.05) is 0 Å². The number of carbonyl (C=O) groups excluding carboxylic acids is 2. The summed E-state index contributed by atoms with van der Waals surface area (Å²) in [6.07, 6.45) is 25.2. The van der Waals surface area contributed by atoms with E-state index >= 15 is 0 Å². The Bertz CT molecular complexity index is 1130. The predicted molar refractivity (Wildman–Crippen MR) is 230 cm³/mol. The Morgan fingerprint density at radius 2 is 0.864 bits per heavy atom. The third kappa shape index (κ3) is 28.5. The van der Waals surface area contributed by atoms with Crippen LogP contribution in [-0.4, -0.2) is 98.3 Å². The summed E-state index contributed by atoms with van der Waals surface area (Å²) < 4.78 is 33.5. The summed E-state index contributed by atoms with van der Waals surface area (Å²) in [4.78, 5) is 35.7. The summed E-state index contributed by atoms with van der Waals surface area (Å²) >= 11 is 0. The summed E-state index contributed by atoms with van der Waals surface area (Å²) in [6.45, 7) is 3.27. The van der Waals surface area contributed by atoms with Crippen LogP contribution in [0.5, 0.6) is 0 Å². The van der Waals surface area contributed by atoms with Crippen LogP contribution in [-0.2, 0) is 32.7 Å². The fraction of sp³-hybridized carbons (Fsp3) is 0.867. The maximum atomic E-state index is 12.8. The summed E-state index contributed by atoms with van der Waals surface area (Å²) in [5, 5.41) is 50.1. The number of carbonyl (C=O) groups is 2. The van der Waals surface area contributed by atoms with E-state index in [-0.39, 0.29) is 12.8 Å². The molecular formula is C45H83O13P. The first-order valence-electron chi connectivity index (χ1n) is 23.1. The van der Waals surface area contributed by atoms with Gasteiger partial charge in [-0.25, -0.2) is 4.57 Å². The summed E-state index contributed by atoms with van der Waals surface area (Å²) in [6, 6.07) is 0. The van der Waals surface area contributed by atoms with Gasteiger partial charge in [-0.1, -0.05) is 141 Å². The lowest BCUT2D eigenvalue weighted by Crippen LogP contribution is -2.64. The monoisotopic (exact) mass is 863 g/mol. The molecule has 1 saturated carbocycles. The third-order valence-electron chi connectivity index (χ3n) is 10.8. The second-order valence-electron chi connectivity index (χ2n) is 16.3. The van der Waals surface area contributed by atoms with Crippen molar-refractivity contribution < 1.29 is 63.1 Å². The molecule has 1 rings (SSSR count). The average molecular weight is 863 g/mol. The van der Waals surface area contributed by atoms with E-state index in [4.69, 9.17) is 18.5 Å². The predicted octanol–water partition coefficient (Wildman–Crippen LogP) is 8.84. The van der Waals surface area contributed by atoms with Gasteiger partial charge in [0.05, 0.1) is 6.61 Å². The van der Waals surface area contributed by atoms with Crippen molar-refractivity contribution in [2.45, 2.75) is 236 Å². The van der Waals surface area contributed by atoms with Crippen LogP contribution >= 0.6 is 7.82 Å². The number of aliphatic hydroxyl groups is 5.